The molecular formula is C21H26N2O6. The van der Waals surface area contributed by atoms with E-state index in [1.165, 1.54) is 0 Å². The first-order valence-corrected chi connectivity index (χ1v) is 9.58. The maximum absolute atomic E-state index is 12.1. The van der Waals surface area contributed by atoms with Crippen LogP contribution in [-0.2, 0) is 28.7 Å². The van der Waals surface area contributed by atoms with Crippen molar-refractivity contribution in [2.45, 2.75) is 33.6 Å². The SMILES string of the molecule is CCCOC(=O)CN(CC(=O)OCCC)c1ccc(C=C2C(=O)ON=C2C)cc1. The highest BCUT2D eigenvalue weighted by Crippen LogP contribution is 2.20. The molecule has 0 bridgehead atoms. The summed E-state index contributed by atoms with van der Waals surface area (Å²) in [7, 11) is 0. The average molecular weight is 402 g/mol. The Bertz CT molecular complexity index is 776. The molecule has 2 rings (SSSR count). The third-order valence-corrected chi connectivity index (χ3v) is 4.02. The fourth-order valence-corrected chi connectivity index (χ4v) is 2.54. The lowest BCUT2D eigenvalue weighted by Crippen LogP contribution is -2.36. The van der Waals surface area contributed by atoms with E-state index >= 15 is 0 Å². The fourth-order valence-electron chi connectivity index (χ4n) is 2.54. The maximum atomic E-state index is 12.1. The molecule has 8 nitrogen and oxygen atoms in total. The van der Waals surface area contributed by atoms with Crippen molar-refractivity contribution in [3.63, 3.8) is 0 Å². The van der Waals surface area contributed by atoms with Gasteiger partial charge < -0.3 is 19.2 Å². The summed E-state index contributed by atoms with van der Waals surface area (Å²) in [6.07, 6.45) is 3.12. The van der Waals surface area contributed by atoms with Crippen molar-refractivity contribution in [3.8, 4) is 0 Å². The lowest BCUT2D eigenvalue weighted by molar-refractivity contribution is -0.143. The van der Waals surface area contributed by atoms with E-state index in [1.54, 1.807) is 42.2 Å². The average Bonchev–Trinajstić information content (AvgIpc) is 3.02. The van der Waals surface area contributed by atoms with Gasteiger partial charge in [-0.25, -0.2) is 4.79 Å². The van der Waals surface area contributed by atoms with Gasteiger partial charge in [-0.3, -0.25) is 9.59 Å². The second-order valence-electron chi connectivity index (χ2n) is 6.50. The summed E-state index contributed by atoms with van der Waals surface area (Å²) in [5, 5.41) is 3.64. The molecule has 156 valence electrons. The molecule has 29 heavy (non-hydrogen) atoms. The van der Waals surface area contributed by atoms with E-state index in [0.29, 0.717) is 30.2 Å². The highest BCUT2D eigenvalue weighted by Gasteiger charge is 2.22. The Morgan fingerprint density at radius 1 is 1.03 bits per heavy atom. The van der Waals surface area contributed by atoms with Crippen molar-refractivity contribution in [3.05, 3.63) is 35.4 Å². The van der Waals surface area contributed by atoms with Gasteiger partial charge in [0, 0.05) is 5.69 Å². The van der Waals surface area contributed by atoms with Gasteiger partial charge in [0.1, 0.15) is 13.1 Å². The van der Waals surface area contributed by atoms with Gasteiger partial charge in [-0.1, -0.05) is 31.1 Å². The first kappa shape index (κ1) is 22.1. The van der Waals surface area contributed by atoms with E-state index in [1.807, 2.05) is 13.8 Å². The number of ether oxygens (including phenoxy) is 2. The molecule has 0 atom stereocenters. The number of anilines is 1. The van der Waals surface area contributed by atoms with E-state index in [-0.39, 0.29) is 13.1 Å². The lowest BCUT2D eigenvalue weighted by atomic mass is 10.1. The number of hydrogen-bond donors (Lipinski definition) is 0. The molecular weight excluding hydrogens is 376 g/mol. The zero-order valence-corrected chi connectivity index (χ0v) is 17.0. The number of esters is 2. The van der Waals surface area contributed by atoms with Gasteiger partial charge in [-0.05, 0) is 43.5 Å². The quantitative estimate of drug-likeness (QED) is 0.337. The molecule has 0 saturated heterocycles. The number of nitrogens with zero attached hydrogens (tertiary/aromatic N) is 2. The molecule has 0 spiro atoms. The minimum atomic E-state index is -0.495. The number of rotatable bonds is 10. The van der Waals surface area contributed by atoms with Crippen molar-refractivity contribution in [2.75, 3.05) is 31.2 Å². The minimum Gasteiger partial charge on any atom is -0.464 e. The van der Waals surface area contributed by atoms with Crippen LogP contribution < -0.4 is 4.90 Å². The molecule has 0 fully saturated rings. The molecule has 0 radical (unpaired) electrons. The van der Waals surface area contributed by atoms with Crippen LogP contribution in [0.15, 0.2) is 35.0 Å². The van der Waals surface area contributed by atoms with E-state index in [2.05, 4.69) is 9.99 Å². The molecule has 1 heterocycles. The van der Waals surface area contributed by atoms with Gasteiger partial charge in [-0.2, -0.15) is 0 Å². The largest absolute Gasteiger partial charge is 0.464 e. The van der Waals surface area contributed by atoms with E-state index < -0.39 is 17.9 Å². The first-order valence-electron chi connectivity index (χ1n) is 9.58. The van der Waals surface area contributed by atoms with E-state index in [0.717, 1.165) is 18.4 Å². The van der Waals surface area contributed by atoms with Crippen molar-refractivity contribution in [1.29, 1.82) is 0 Å². The smallest absolute Gasteiger partial charge is 0.367 e. The van der Waals surface area contributed by atoms with Crippen molar-refractivity contribution < 1.29 is 28.7 Å². The summed E-state index contributed by atoms with van der Waals surface area (Å²) < 4.78 is 10.3. The Labute approximate surface area is 170 Å². The van der Waals surface area contributed by atoms with Gasteiger partial charge in [0.2, 0.25) is 0 Å². The first-order chi connectivity index (χ1) is 13.9. The van der Waals surface area contributed by atoms with Gasteiger partial charge in [0.25, 0.3) is 0 Å². The molecule has 1 aromatic carbocycles. The second kappa shape index (κ2) is 11.0. The van der Waals surface area contributed by atoms with Crippen molar-refractivity contribution >= 4 is 35.4 Å². The molecule has 0 N–H and O–H groups in total. The van der Waals surface area contributed by atoms with Gasteiger partial charge in [-0.15, -0.1) is 0 Å². The predicted molar refractivity (Wildman–Crippen MR) is 108 cm³/mol. The Kier molecular flexibility index (Phi) is 8.39. The molecule has 0 aliphatic carbocycles. The normalized spacial score (nSPS) is 14.4. The summed E-state index contributed by atoms with van der Waals surface area (Å²) in [5.41, 5.74) is 2.33. The summed E-state index contributed by atoms with van der Waals surface area (Å²) in [6.45, 7) is 6.03. The van der Waals surface area contributed by atoms with Crippen LogP contribution in [0.1, 0.15) is 39.2 Å². The molecule has 0 saturated carbocycles. The van der Waals surface area contributed by atoms with Gasteiger partial charge in [0.05, 0.1) is 24.5 Å². The summed E-state index contributed by atoms with van der Waals surface area (Å²) in [5.74, 6) is -1.32. The van der Waals surface area contributed by atoms with Crippen molar-refractivity contribution in [2.24, 2.45) is 5.16 Å². The van der Waals surface area contributed by atoms with Crippen molar-refractivity contribution in [1.82, 2.24) is 0 Å². The van der Waals surface area contributed by atoms with Crippen LogP contribution in [-0.4, -0.2) is 49.9 Å². The third kappa shape index (κ3) is 6.74. The molecule has 1 aromatic rings. The number of benzene rings is 1. The number of oxime groups is 1. The number of carbonyl (C=O) groups excluding carboxylic acids is 3. The van der Waals surface area contributed by atoms with Gasteiger partial charge >= 0.3 is 17.9 Å². The zero-order valence-electron chi connectivity index (χ0n) is 17.0. The van der Waals surface area contributed by atoms with Gasteiger partial charge in [0.15, 0.2) is 0 Å². The van der Waals surface area contributed by atoms with Crippen LogP contribution in [0.2, 0.25) is 0 Å². The lowest BCUT2D eigenvalue weighted by Gasteiger charge is -2.23. The third-order valence-electron chi connectivity index (χ3n) is 4.02. The summed E-state index contributed by atoms with van der Waals surface area (Å²) >= 11 is 0. The van der Waals surface area contributed by atoms with E-state index in [9.17, 15) is 14.4 Å². The second-order valence-corrected chi connectivity index (χ2v) is 6.50. The summed E-state index contributed by atoms with van der Waals surface area (Å²) in [4.78, 5) is 42.0. The van der Waals surface area contributed by atoms with Crippen LogP contribution in [0.5, 0.6) is 0 Å². The highest BCUT2D eigenvalue weighted by atomic mass is 16.7. The van der Waals surface area contributed by atoms with Crippen LogP contribution >= 0.6 is 0 Å². The van der Waals surface area contributed by atoms with Crippen LogP contribution in [0, 0.1) is 0 Å². The zero-order chi connectivity index (χ0) is 21.2. The standard InChI is InChI=1S/C21H26N2O6/c1-4-10-27-19(24)13-23(14-20(25)28-11-5-2)17-8-6-16(7-9-17)12-18-15(3)22-29-21(18)26/h6-9,12H,4-5,10-11,13-14H2,1-3H3. The number of hydrogen-bond acceptors (Lipinski definition) is 8. The van der Waals surface area contributed by atoms with E-state index in [4.69, 9.17) is 9.47 Å². The Balaban J connectivity index is 2.15. The Morgan fingerprint density at radius 3 is 2.03 bits per heavy atom. The van der Waals surface area contributed by atoms with Crippen LogP contribution in [0.3, 0.4) is 0 Å². The molecule has 0 amide bonds. The minimum absolute atomic E-state index is 0.0697. The fraction of sp³-hybridized carbons (Fsp3) is 0.429. The molecule has 8 heteroatoms. The van der Waals surface area contributed by atoms with Crippen LogP contribution in [0.4, 0.5) is 5.69 Å². The summed E-state index contributed by atoms with van der Waals surface area (Å²) in [6, 6.07) is 7.09. The monoisotopic (exact) mass is 402 g/mol. The molecule has 0 unspecified atom stereocenters. The number of carbonyl (C=O) groups is 3. The predicted octanol–water partition coefficient (Wildman–Crippen LogP) is 2.72. The molecule has 1 aliphatic heterocycles. The topological polar surface area (TPSA) is 94.5 Å². The Hall–Kier alpha value is -3.16. The molecule has 0 aromatic heterocycles. The highest BCUT2D eigenvalue weighted by molar-refractivity contribution is 6.24. The maximum Gasteiger partial charge on any atom is 0.367 e. The van der Waals surface area contributed by atoms with Crippen LogP contribution in [0.25, 0.3) is 6.08 Å². The Morgan fingerprint density at radius 2 is 1.59 bits per heavy atom. The molecule has 1 aliphatic rings.